The number of carbonyl (C=O) groups is 1. The van der Waals surface area contributed by atoms with Crippen LogP contribution in [0.1, 0.15) is 15.5 Å². The van der Waals surface area contributed by atoms with Crippen LogP contribution in [0.4, 0.5) is 0 Å². The quantitative estimate of drug-likeness (QED) is 0.788. The Morgan fingerprint density at radius 2 is 2.08 bits per heavy atom. The van der Waals surface area contributed by atoms with Crippen molar-refractivity contribution in [3.05, 3.63) is 10.7 Å². The van der Waals surface area contributed by atoms with Crippen LogP contribution < -0.4 is 0 Å². The average Bonchev–Trinajstić information content (AvgIpc) is 2.29. The van der Waals surface area contributed by atoms with E-state index in [1.807, 2.05) is 0 Å². The second-order valence-corrected chi connectivity index (χ2v) is 5.86. The molecule has 1 aromatic heterocycles. The van der Waals surface area contributed by atoms with Crippen molar-refractivity contribution in [3.8, 4) is 0 Å². The molecule has 1 rings (SSSR count). The molecule has 0 aliphatic rings. The third-order valence-electron chi connectivity index (χ3n) is 1.24. The molecule has 0 bridgehead atoms. The minimum atomic E-state index is -3.48. The normalized spacial score (nSPS) is 11.5. The summed E-state index contributed by atoms with van der Waals surface area (Å²) in [6.45, 7) is 1.56. The number of aryl methyl sites for hydroxylation is 1. The Bertz CT molecular complexity index is 445. The van der Waals surface area contributed by atoms with E-state index >= 15 is 0 Å². The Morgan fingerprint density at radius 3 is 2.38 bits per heavy atom. The van der Waals surface area contributed by atoms with Gasteiger partial charge >= 0.3 is 5.97 Å². The van der Waals surface area contributed by atoms with Gasteiger partial charge in [0.15, 0.2) is 19.7 Å². The molecule has 0 aromatic carbocycles. The summed E-state index contributed by atoms with van der Waals surface area (Å²) in [6, 6.07) is 0. The van der Waals surface area contributed by atoms with Crippen LogP contribution in [-0.2, 0) is 9.84 Å². The first-order valence-corrected chi connectivity index (χ1v) is 5.94. The van der Waals surface area contributed by atoms with E-state index in [1.54, 1.807) is 6.92 Å². The summed E-state index contributed by atoms with van der Waals surface area (Å²) in [4.78, 5) is 14.2. The second kappa shape index (κ2) is 3.08. The number of sulfone groups is 1. The molecule has 1 aromatic rings. The number of hydrogen-bond acceptors (Lipinski definition) is 5. The monoisotopic (exact) mass is 221 g/mol. The van der Waals surface area contributed by atoms with E-state index in [9.17, 15) is 13.2 Å². The first-order chi connectivity index (χ1) is 5.82. The van der Waals surface area contributed by atoms with Crippen LogP contribution in [-0.4, -0.2) is 30.7 Å². The molecule has 7 heteroatoms. The smallest absolute Gasteiger partial charge is 0.356 e. The van der Waals surface area contributed by atoms with Crippen LogP contribution in [0.3, 0.4) is 0 Å². The van der Waals surface area contributed by atoms with Gasteiger partial charge in [-0.15, -0.1) is 11.3 Å². The third-order valence-corrected chi connectivity index (χ3v) is 4.03. The van der Waals surface area contributed by atoms with Gasteiger partial charge in [0.05, 0.1) is 5.01 Å². The molecule has 0 saturated heterocycles. The van der Waals surface area contributed by atoms with Gasteiger partial charge in [0.2, 0.25) is 0 Å². The summed E-state index contributed by atoms with van der Waals surface area (Å²) in [6.07, 6.45) is 0.965. The van der Waals surface area contributed by atoms with Gasteiger partial charge in [-0.05, 0) is 6.92 Å². The van der Waals surface area contributed by atoms with Gasteiger partial charge in [0, 0.05) is 6.26 Å². The average molecular weight is 221 g/mol. The summed E-state index contributed by atoms with van der Waals surface area (Å²) in [5.74, 6) is -1.32. The number of aromatic nitrogens is 1. The van der Waals surface area contributed by atoms with Crippen molar-refractivity contribution >= 4 is 27.1 Å². The maximum atomic E-state index is 11.1. The molecule has 0 amide bonds. The molecule has 0 aliphatic heterocycles. The Kier molecular flexibility index (Phi) is 2.40. The predicted octanol–water partition coefficient (Wildman–Crippen LogP) is 0.553. The highest BCUT2D eigenvalue weighted by atomic mass is 32.2. The molecule has 0 atom stereocenters. The molecule has 0 fully saturated rings. The minimum Gasteiger partial charge on any atom is -0.476 e. The third kappa shape index (κ3) is 2.04. The summed E-state index contributed by atoms with van der Waals surface area (Å²) >= 11 is 0.870. The second-order valence-electron chi connectivity index (χ2n) is 2.45. The van der Waals surface area contributed by atoms with E-state index in [-0.39, 0.29) is 9.90 Å². The molecule has 0 unspecified atom stereocenters. The number of aromatic carboxylic acids is 1. The fourth-order valence-corrected chi connectivity index (χ4v) is 2.88. The van der Waals surface area contributed by atoms with Crippen LogP contribution >= 0.6 is 11.3 Å². The molecular weight excluding hydrogens is 214 g/mol. The summed E-state index contributed by atoms with van der Waals surface area (Å²) < 4.78 is 22.0. The molecule has 0 spiro atoms. The highest BCUT2D eigenvalue weighted by molar-refractivity contribution is 7.92. The van der Waals surface area contributed by atoms with Crippen LogP contribution in [0.5, 0.6) is 0 Å². The van der Waals surface area contributed by atoms with Gasteiger partial charge in [0.1, 0.15) is 0 Å². The van der Waals surface area contributed by atoms with Gasteiger partial charge in [-0.25, -0.2) is 18.2 Å². The first-order valence-electron chi connectivity index (χ1n) is 3.23. The van der Waals surface area contributed by atoms with Crippen molar-refractivity contribution in [3.63, 3.8) is 0 Å². The molecular formula is C6H7NO4S2. The first kappa shape index (κ1) is 10.1. The Hall–Kier alpha value is -0.950. The van der Waals surface area contributed by atoms with Crippen molar-refractivity contribution in [1.82, 2.24) is 4.98 Å². The van der Waals surface area contributed by atoms with Gasteiger partial charge in [-0.3, -0.25) is 0 Å². The van der Waals surface area contributed by atoms with E-state index < -0.39 is 15.8 Å². The van der Waals surface area contributed by atoms with E-state index in [4.69, 9.17) is 5.11 Å². The van der Waals surface area contributed by atoms with E-state index in [0.29, 0.717) is 5.01 Å². The van der Waals surface area contributed by atoms with Crippen molar-refractivity contribution < 1.29 is 18.3 Å². The lowest BCUT2D eigenvalue weighted by Gasteiger charge is -1.92. The zero-order chi connectivity index (χ0) is 10.2. The van der Waals surface area contributed by atoms with Gasteiger partial charge in [-0.2, -0.15) is 0 Å². The zero-order valence-electron chi connectivity index (χ0n) is 6.94. The van der Waals surface area contributed by atoms with Gasteiger partial charge in [0.25, 0.3) is 0 Å². The molecule has 5 nitrogen and oxygen atoms in total. The zero-order valence-corrected chi connectivity index (χ0v) is 8.57. The summed E-state index contributed by atoms with van der Waals surface area (Å²) in [5.41, 5.74) is -0.384. The Balaban J connectivity index is 3.46. The molecule has 1 N–H and O–H groups in total. The number of rotatable bonds is 2. The minimum absolute atomic E-state index is 0.183. The summed E-state index contributed by atoms with van der Waals surface area (Å²) in [7, 11) is -3.48. The van der Waals surface area contributed by atoms with Crippen LogP contribution in [0, 0.1) is 6.92 Å². The van der Waals surface area contributed by atoms with Gasteiger partial charge in [-0.1, -0.05) is 0 Å². The lowest BCUT2D eigenvalue weighted by molar-refractivity contribution is 0.0687. The van der Waals surface area contributed by atoms with Gasteiger partial charge < -0.3 is 5.11 Å². The number of thiazole rings is 1. The number of carboxylic acids is 1. The van der Waals surface area contributed by atoms with E-state index in [2.05, 4.69) is 4.98 Å². The largest absolute Gasteiger partial charge is 0.476 e. The SMILES string of the molecule is Cc1nc(C(=O)O)c(S(C)(=O)=O)s1. The number of hydrogen-bond donors (Lipinski definition) is 1. The maximum Gasteiger partial charge on any atom is 0.356 e. The van der Waals surface area contributed by atoms with Crippen LogP contribution in [0.15, 0.2) is 4.21 Å². The lowest BCUT2D eigenvalue weighted by atomic mass is 10.5. The van der Waals surface area contributed by atoms with Crippen molar-refractivity contribution in [2.24, 2.45) is 0 Å². The number of nitrogens with zero attached hydrogens (tertiary/aromatic N) is 1. The highest BCUT2D eigenvalue weighted by Gasteiger charge is 2.23. The molecule has 72 valence electrons. The standard InChI is InChI=1S/C6H7NO4S2/c1-3-7-4(5(8)9)6(12-3)13(2,10)11/h1-2H3,(H,8,9). The molecule has 0 saturated carbocycles. The van der Waals surface area contributed by atoms with E-state index in [1.165, 1.54) is 0 Å². The highest BCUT2D eigenvalue weighted by Crippen LogP contribution is 2.23. The van der Waals surface area contributed by atoms with Crippen molar-refractivity contribution in [2.75, 3.05) is 6.26 Å². The molecule has 13 heavy (non-hydrogen) atoms. The molecule has 1 heterocycles. The summed E-state index contributed by atoms with van der Waals surface area (Å²) in [5, 5.41) is 9.05. The maximum absolute atomic E-state index is 11.1. The Labute approximate surface area is 79.0 Å². The number of carboxylic acid groups (broad SMARTS) is 1. The predicted molar refractivity (Wildman–Crippen MR) is 46.9 cm³/mol. The lowest BCUT2D eigenvalue weighted by Crippen LogP contribution is -2.05. The fraction of sp³-hybridized carbons (Fsp3) is 0.333. The van der Waals surface area contributed by atoms with E-state index in [0.717, 1.165) is 17.6 Å². The fourth-order valence-electron chi connectivity index (χ4n) is 0.795. The van der Waals surface area contributed by atoms with Crippen LogP contribution in [0.25, 0.3) is 0 Å². The molecule has 0 radical (unpaired) electrons. The van der Waals surface area contributed by atoms with Crippen molar-refractivity contribution in [1.29, 1.82) is 0 Å². The van der Waals surface area contributed by atoms with Crippen molar-refractivity contribution in [2.45, 2.75) is 11.1 Å². The molecule has 0 aliphatic carbocycles. The Morgan fingerprint density at radius 1 is 1.54 bits per heavy atom. The van der Waals surface area contributed by atoms with Crippen LogP contribution in [0.2, 0.25) is 0 Å². The topological polar surface area (TPSA) is 84.3 Å².